The number of carbonyl (C=O) groups excluding carboxylic acids is 1. The third kappa shape index (κ3) is 3.71. The van der Waals surface area contributed by atoms with Crippen molar-refractivity contribution in [2.45, 2.75) is 19.4 Å². The van der Waals surface area contributed by atoms with E-state index in [-0.39, 0.29) is 11.4 Å². The van der Waals surface area contributed by atoms with Crippen LogP contribution in [0.4, 0.5) is 0 Å². The minimum Gasteiger partial charge on any atom is -0.379 e. The lowest BCUT2D eigenvalue weighted by atomic mass is 10.0. The maximum absolute atomic E-state index is 12.5. The number of carbonyl (C=O) groups is 1. The molecule has 1 heterocycles. The van der Waals surface area contributed by atoms with Crippen LogP contribution in [0.1, 0.15) is 24.2 Å². The molecule has 122 valence electrons. The number of ether oxygens (including phenoxy) is 1. The van der Waals surface area contributed by atoms with Crippen LogP contribution in [0.25, 0.3) is 10.8 Å². The Morgan fingerprint density at radius 1 is 1.13 bits per heavy atom. The Balaban J connectivity index is 1.65. The quantitative estimate of drug-likeness (QED) is 0.944. The van der Waals surface area contributed by atoms with Gasteiger partial charge in [0, 0.05) is 30.7 Å². The summed E-state index contributed by atoms with van der Waals surface area (Å²) in [5, 5.41) is 5.32. The Morgan fingerprint density at radius 3 is 2.57 bits per heavy atom. The molecule has 0 aliphatic carbocycles. The summed E-state index contributed by atoms with van der Waals surface area (Å²) >= 11 is 0. The van der Waals surface area contributed by atoms with Crippen LogP contribution in [0.2, 0.25) is 0 Å². The second-order valence-electron chi connectivity index (χ2n) is 6.66. The molecule has 0 atom stereocenters. The maximum Gasteiger partial charge on any atom is 0.251 e. The standard InChI is InChI=1S/C19H24N2O2/c1-19(2,21-9-11-23-12-10-21)14-20-18(22)17-8-7-15-5-3-4-6-16(15)13-17/h3-8,13H,9-12,14H2,1-2H3,(H,20,22). The van der Waals surface area contributed by atoms with Crippen molar-refractivity contribution in [1.82, 2.24) is 10.2 Å². The van der Waals surface area contributed by atoms with Gasteiger partial charge in [0.25, 0.3) is 5.91 Å². The maximum atomic E-state index is 12.5. The van der Waals surface area contributed by atoms with Gasteiger partial charge < -0.3 is 10.1 Å². The molecule has 2 aromatic rings. The summed E-state index contributed by atoms with van der Waals surface area (Å²) in [7, 11) is 0. The molecule has 0 spiro atoms. The molecule has 23 heavy (non-hydrogen) atoms. The number of nitrogens with one attached hydrogen (secondary N) is 1. The fourth-order valence-electron chi connectivity index (χ4n) is 3.01. The number of nitrogens with zero attached hydrogens (tertiary/aromatic N) is 1. The highest BCUT2D eigenvalue weighted by Crippen LogP contribution is 2.17. The van der Waals surface area contributed by atoms with Gasteiger partial charge in [-0.15, -0.1) is 0 Å². The Bertz CT molecular complexity index is 691. The Kier molecular flexibility index (Phi) is 4.64. The molecule has 2 aromatic carbocycles. The predicted octanol–water partition coefficient (Wildman–Crippen LogP) is 2.68. The highest BCUT2D eigenvalue weighted by Gasteiger charge is 2.28. The highest BCUT2D eigenvalue weighted by atomic mass is 16.5. The Morgan fingerprint density at radius 2 is 1.83 bits per heavy atom. The van der Waals surface area contributed by atoms with Crippen LogP contribution in [0.5, 0.6) is 0 Å². The van der Waals surface area contributed by atoms with Gasteiger partial charge in [0.2, 0.25) is 0 Å². The largest absolute Gasteiger partial charge is 0.379 e. The third-order valence-corrected chi connectivity index (χ3v) is 4.56. The minimum absolute atomic E-state index is 0.0166. The van der Waals surface area contributed by atoms with E-state index in [0.29, 0.717) is 12.1 Å². The van der Waals surface area contributed by atoms with Crippen molar-refractivity contribution in [2.24, 2.45) is 0 Å². The Hall–Kier alpha value is -1.91. The van der Waals surface area contributed by atoms with E-state index in [0.717, 1.165) is 37.1 Å². The number of morpholine rings is 1. The van der Waals surface area contributed by atoms with Crippen molar-refractivity contribution in [2.75, 3.05) is 32.8 Å². The molecule has 1 N–H and O–H groups in total. The number of amides is 1. The molecule has 3 rings (SSSR count). The molecule has 4 heteroatoms. The van der Waals surface area contributed by atoms with Gasteiger partial charge in [0.1, 0.15) is 0 Å². The van der Waals surface area contributed by atoms with Crippen molar-refractivity contribution < 1.29 is 9.53 Å². The molecule has 1 saturated heterocycles. The zero-order chi connectivity index (χ0) is 16.3. The summed E-state index contributed by atoms with van der Waals surface area (Å²) < 4.78 is 5.40. The summed E-state index contributed by atoms with van der Waals surface area (Å²) in [6.07, 6.45) is 0. The second kappa shape index (κ2) is 6.69. The van der Waals surface area contributed by atoms with Gasteiger partial charge in [-0.3, -0.25) is 9.69 Å². The molecule has 1 amide bonds. The van der Waals surface area contributed by atoms with E-state index in [2.05, 4.69) is 30.1 Å². The van der Waals surface area contributed by atoms with Gasteiger partial charge in [0.05, 0.1) is 13.2 Å². The normalized spacial score (nSPS) is 16.4. The SMILES string of the molecule is CC(C)(CNC(=O)c1ccc2ccccc2c1)N1CCOCC1. The molecule has 1 aliphatic heterocycles. The zero-order valence-electron chi connectivity index (χ0n) is 13.8. The van der Waals surface area contributed by atoms with Gasteiger partial charge in [-0.1, -0.05) is 30.3 Å². The first-order valence-electron chi connectivity index (χ1n) is 8.16. The first-order valence-corrected chi connectivity index (χ1v) is 8.16. The summed E-state index contributed by atoms with van der Waals surface area (Å²) in [5.74, 6) is -0.0166. The number of benzene rings is 2. The Labute approximate surface area is 137 Å². The van der Waals surface area contributed by atoms with Gasteiger partial charge in [-0.2, -0.15) is 0 Å². The van der Waals surface area contributed by atoms with E-state index in [1.807, 2.05) is 36.4 Å². The van der Waals surface area contributed by atoms with E-state index >= 15 is 0 Å². The van der Waals surface area contributed by atoms with Gasteiger partial charge >= 0.3 is 0 Å². The molecule has 1 aliphatic rings. The molecule has 0 bridgehead atoms. The van der Waals surface area contributed by atoms with Crippen molar-refractivity contribution in [3.8, 4) is 0 Å². The van der Waals surface area contributed by atoms with Crippen molar-refractivity contribution >= 4 is 16.7 Å². The van der Waals surface area contributed by atoms with Gasteiger partial charge in [-0.05, 0) is 36.8 Å². The fraction of sp³-hybridized carbons (Fsp3) is 0.421. The van der Waals surface area contributed by atoms with Crippen molar-refractivity contribution in [1.29, 1.82) is 0 Å². The van der Waals surface area contributed by atoms with Crippen LogP contribution in [0.3, 0.4) is 0 Å². The lowest BCUT2D eigenvalue weighted by Crippen LogP contribution is -2.55. The lowest BCUT2D eigenvalue weighted by Gasteiger charge is -2.40. The summed E-state index contributed by atoms with van der Waals surface area (Å²) in [4.78, 5) is 14.8. The fourth-order valence-corrected chi connectivity index (χ4v) is 3.01. The molecular formula is C19H24N2O2. The molecule has 1 fully saturated rings. The van der Waals surface area contributed by atoms with E-state index in [4.69, 9.17) is 4.74 Å². The molecule has 4 nitrogen and oxygen atoms in total. The molecule has 0 unspecified atom stereocenters. The number of fused-ring (bicyclic) bond motifs is 1. The summed E-state index contributed by atoms with van der Waals surface area (Å²) in [6, 6.07) is 13.9. The predicted molar refractivity (Wildman–Crippen MR) is 92.8 cm³/mol. The number of rotatable bonds is 4. The third-order valence-electron chi connectivity index (χ3n) is 4.56. The van der Waals surface area contributed by atoms with Crippen LogP contribution in [-0.2, 0) is 4.74 Å². The monoisotopic (exact) mass is 312 g/mol. The van der Waals surface area contributed by atoms with Crippen LogP contribution < -0.4 is 5.32 Å². The topological polar surface area (TPSA) is 41.6 Å². The van der Waals surface area contributed by atoms with Gasteiger partial charge in [-0.25, -0.2) is 0 Å². The van der Waals surface area contributed by atoms with Crippen LogP contribution >= 0.6 is 0 Å². The minimum atomic E-state index is -0.0731. The van der Waals surface area contributed by atoms with Crippen LogP contribution in [-0.4, -0.2) is 49.2 Å². The molecular weight excluding hydrogens is 288 g/mol. The van der Waals surface area contributed by atoms with E-state index in [1.165, 1.54) is 0 Å². The number of hydrogen-bond donors (Lipinski definition) is 1. The zero-order valence-corrected chi connectivity index (χ0v) is 13.8. The summed E-state index contributed by atoms with van der Waals surface area (Å²) in [5.41, 5.74) is 0.637. The first kappa shape index (κ1) is 16.0. The van der Waals surface area contributed by atoms with Crippen molar-refractivity contribution in [3.63, 3.8) is 0 Å². The highest BCUT2D eigenvalue weighted by molar-refractivity contribution is 5.98. The average Bonchev–Trinajstić information content (AvgIpc) is 2.60. The molecule has 0 radical (unpaired) electrons. The van der Waals surface area contributed by atoms with E-state index in [1.54, 1.807) is 0 Å². The lowest BCUT2D eigenvalue weighted by molar-refractivity contribution is -0.00923. The average molecular weight is 312 g/mol. The second-order valence-corrected chi connectivity index (χ2v) is 6.66. The van der Waals surface area contributed by atoms with Gasteiger partial charge in [0.15, 0.2) is 0 Å². The summed E-state index contributed by atoms with van der Waals surface area (Å²) in [6.45, 7) is 8.32. The van der Waals surface area contributed by atoms with E-state index in [9.17, 15) is 4.79 Å². The first-order chi connectivity index (χ1) is 11.1. The van der Waals surface area contributed by atoms with E-state index < -0.39 is 0 Å². The number of hydrogen-bond acceptors (Lipinski definition) is 3. The van der Waals surface area contributed by atoms with Crippen molar-refractivity contribution in [3.05, 3.63) is 48.0 Å². The molecule has 0 saturated carbocycles. The smallest absolute Gasteiger partial charge is 0.251 e. The molecule has 0 aromatic heterocycles. The van der Waals surface area contributed by atoms with Crippen LogP contribution in [0, 0.1) is 0 Å². The van der Waals surface area contributed by atoms with Crippen LogP contribution in [0.15, 0.2) is 42.5 Å².